The van der Waals surface area contributed by atoms with Gasteiger partial charge in [-0.3, -0.25) is 9.69 Å². The Hall–Kier alpha value is -3.89. The molecule has 0 radical (unpaired) electrons. The van der Waals surface area contributed by atoms with Gasteiger partial charge < -0.3 is 9.80 Å². The fourth-order valence-electron chi connectivity index (χ4n) is 6.65. The molecule has 4 heteroatoms. The lowest BCUT2D eigenvalue weighted by Gasteiger charge is -2.37. The Kier molecular flexibility index (Phi) is 7.68. The van der Waals surface area contributed by atoms with Crippen LogP contribution in [0.5, 0.6) is 0 Å². The van der Waals surface area contributed by atoms with Gasteiger partial charge in [-0.05, 0) is 73.7 Å². The summed E-state index contributed by atoms with van der Waals surface area (Å²) in [7, 11) is 0. The first-order chi connectivity index (χ1) is 19.9. The van der Waals surface area contributed by atoms with E-state index in [1.54, 1.807) is 0 Å². The summed E-state index contributed by atoms with van der Waals surface area (Å²) in [4.78, 5) is 20.8. The maximum Gasteiger partial charge on any atom is 0.255 e. The number of anilines is 1. The van der Waals surface area contributed by atoms with Gasteiger partial charge in [-0.15, -0.1) is 0 Å². The fraction of sp³-hybridized carbons (Fsp3) is 0.324. The second kappa shape index (κ2) is 11.5. The SMILES string of the molecule is Cc1ccccc1CN1C(=O)c2cc(N3CCN(CCC(c4ccccc4)c4ccccc4)CC3)ccc2C1(C)C. The molecule has 1 amide bonds. The van der Waals surface area contributed by atoms with Gasteiger partial charge in [0.1, 0.15) is 0 Å². The molecule has 2 aliphatic rings. The number of fused-ring (bicyclic) bond motifs is 1. The molecule has 0 atom stereocenters. The Morgan fingerprint density at radius 3 is 2.00 bits per heavy atom. The first kappa shape index (κ1) is 27.3. The molecule has 0 bridgehead atoms. The van der Waals surface area contributed by atoms with Crippen molar-refractivity contribution >= 4 is 11.6 Å². The zero-order valence-corrected chi connectivity index (χ0v) is 24.6. The monoisotopic (exact) mass is 543 g/mol. The van der Waals surface area contributed by atoms with Crippen LogP contribution in [-0.4, -0.2) is 48.4 Å². The molecule has 4 aromatic carbocycles. The Balaban J connectivity index is 1.11. The van der Waals surface area contributed by atoms with Gasteiger partial charge in [0.15, 0.2) is 0 Å². The van der Waals surface area contributed by atoms with Crippen LogP contribution < -0.4 is 4.90 Å². The second-order valence-electron chi connectivity index (χ2n) is 12.1. The second-order valence-corrected chi connectivity index (χ2v) is 12.1. The zero-order chi connectivity index (χ0) is 28.4. The lowest BCUT2D eigenvalue weighted by atomic mass is 9.88. The highest BCUT2D eigenvalue weighted by molar-refractivity contribution is 6.00. The normalized spacial score (nSPS) is 16.8. The van der Waals surface area contributed by atoms with Crippen molar-refractivity contribution in [1.29, 1.82) is 0 Å². The van der Waals surface area contributed by atoms with Crippen molar-refractivity contribution in [2.45, 2.75) is 45.2 Å². The van der Waals surface area contributed by atoms with Gasteiger partial charge in [-0.1, -0.05) is 91.0 Å². The average Bonchev–Trinajstić information content (AvgIpc) is 3.19. The van der Waals surface area contributed by atoms with Gasteiger partial charge in [0.2, 0.25) is 0 Å². The van der Waals surface area contributed by atoms with Crippen LogP contribution in [0.15, 0.2) is 103 Å². The first-order valence-corrected chi connectivity index (χ1v) is 15.0. The molecular weight excluding hydrogens is 502 g/mol. The topological polar surface area (TPSA) is 26.8 Å². The fourth-order valence-corrected chi connectivity index (χ4v) is 6.65. The van der Waals surface area contributed by atoms with Gasteiger partial charge in [-0.2, -0.15) is 0 Å². The summed E-state index contributed by atoms with van der Waals surface area (Å²) in [6.07, 6.45) is 1.10. The number of aryl methyl sites for hydroxylation is 1. The zero-order valence-electron chi connectivity index (χ0n) is 24.6. The molecule has 0 aliphatic carbocycles. The Morgan fingerprint density at radius 1 is 0.756 bits per heavy atom. The van der Waals surface area contributed by atoms with Crippen LogP contribution in [-0.2, 0) is 12.1 Å². The van der Waals surface area contributed by atoms with E-state index in [-0.39, 0.29) is 11.4 Å². The number of rotatable bonds is 8. The summed E-state index contributed by atoms with van der Waals surface area (Å²) in [6, 6.07) is 36.8. The van der Waals surface area contributed by atoms with E-state index in [0.717, 1.165) is 56.0 Å². The van der Waals surface area contributed by atoms with Crippen molar-refractivity contribution < 1.29 is 4.79 Å². The van der Waals surface area contributed by atoms with Crippen LogP contribution in [0.1, 0.15) is 64.4 Å². The van der Waals surface area contributed by atoms with Crippen LogP contribution in [0, 0.1) is 6.92 Å². The summed E-state index contributed by atoms with van der Waals surface area (Å²) >= 11 is 0. The van der Waals surface area contributed by atoms with Crippen molar-refractivity contribution in [3.05, 3.63) is 137 Å². The third kappa shape index (κ3) is 5.54. The van der Waals surface area contributed by atoms with Gasteiger partial charge in [0.05, 0.1) is 5.54 Å². The molecule has 2 aliphatic heterocycles. The summed E-state index contributed by atoms with van der Waals surface area (Å²) < 4.78 is 0. The van der Waals surface area contributed by atoms with Crippen LogP contribution in [0.25, 0.3) is 0 Å². The molecule has 210 valence electrons. The van der Waals surface area contributed by atoms with E-state index in [9.17, 15) is 4.79 Å². The third-order valence-corrected chi connectivity index (χ3v) is 9.28. The number of hydrogen-bond donors (Lipinski definition) is 0. The predicted octanol–water partition coefficient (Wildman–Crippen LogP) is 7.23. The quantitative estimate of drug-likeness (QED) is 0.235. The van der Waals surface area contributed by atoms with E-state index in [1.165, 1.54) is 22.3 Å². The highest BCUT2D eigenvalue weighted by Gasteiger charge is 2.43. The number of nitrogens with zero attached hydrogens (tertiary/aromatic N) is 3. The van der Waals surface area contributed by atoms with E-state index < -0.39 is 0 Å². The van der Waals surface area contributed by atoms with Gasteiger partial charge in [0.25, 0.3) is 5.91 Å². The summed E-state index contributed by atoms with van der Waals surface area (Å²) in [6.45, 7) is 12.2. The average molecular weight is 544 g/mol. The molecular formula is C37H41N3O. The molecule has 0 unspecified atom stereocenters. The van der Waals surface area contributed by atoms with Crippen LogP contribution in [0.2, 0.25) is 0 Å². The number of piperazine rings is 1. The van der Waals surface area contributed by atoms with E-state index >= 15 is 0 Å². The first-order valence-electron chi connectivity index (χ1n) is 15.0. The van der Waals surface area contributed by atoms with Crippen LogP contribution in [0.4, 0.5) is 5.69 Å². The van der Waals surface area contributed by atoms with E-state index in [1.807, 2.05) is 4.90 Å². The Morgan fingerprint density at radius 2 is 1.37 bits per heavy atom. The maximum atomic E-state index is 13.7. The molecule has 4 aromatic rings. The number of carbonyl (C=O) groups excluding carboxylic acids is 1. The maximum absolute atomic E-state index is 13.7. The lowest BCUT2D eigenvalue weighted by Crippen LogP contribution is -2.46. The summed E-state index contributed by atoms with van der Waals surface area (Å²) in [5, 5.41) is 0. The van der Waals surface area contributed by atoms with E-state index in [4.69, 9.17) is 0 Å². The molecule has 1 fully saturated rings. The molecule has 2 heterocycles. The molecule has 0 saturated carbocycles. The molecule has 0 spiro atoms. The number of hydrogen-bond acceptors (Lipinski definition) is 3. The predicted molar refractivity (Wildman–Crippen MR) is 169 cm³/mol. The van der Waals surface area contributed by atoms with Gasteiger partial charge >= 0.3 is 0 Å². The highest BCUT2D eigenvalue weighted by Crippen LogP contribution is 2.41. The Labute approximate surface area is 245 Å². The van der Waals surface area contributed by atoms with Crippen molar-refractivity contribution in [2.75, 3.05) is 37.6 Å². The molecule has 0 aromatic heterocycles. The number of carbonyl (C=O) groups is 1. The summed E-state index contributed by atoms with van der Waals surface area (Å²) in [5.41, 5.74) is 8.03. The van der Waals surface area contributed by atoms with Crippen molar-refractivity contribution in [1.82, 2.24) is 9.80 Å². The molecule has 41 heavy (non-hydrogen) atoms. The lowest BCUT2D eigenvalue weighted by molar-refractivity contribution is 0.0595. The minimum absolute atomic E-state index is 0.140. The van der Waals surface area contributed by atoms with E-state index in [2.05, 4.69) is 134 Å². The van der Waals surface area contributed by atoms with Crippen LogP contribution in [0.3, 0.4) is 0 Å². The molecule has 0 N–H and O–H groups in total. The van der Waals surface area contributed by atoms with Crippen molar-refractivity contribution in [3.8, 4) is 0 Å². The molecule has 6 rings (SSSR count). The number of benzene rings is 4. The molecule has 1 saturated heterocycles. The van der Waals surface area contributed by atoms with Crippen LogP contribution >= 0.6 is 0 Å². The minimum Gasteiger partial charge on any atom is -0.369 e. The standard InChI is InChI=1S/C37H41N3O/c1-28-12-10-11-17-31(28)27-40-36(41)34-26-32(18-19-35(34)37(40,2)3)39-24-22-38(23-25-39)21-20-33(29-13-6-4-7-14-29)30-15-8-5-9-16-30/h4-19,26,33H,20-25,27H2,1-3H3. The minimum atomic E-state index is -0.333. The van der Waals surface area contributed by atoms with E-state index in [0.29, 0.717) is 12.5 Å². The van der Waals surface area contributed by atoms with Gasteiger partial charge in [0, 0.05) is 49.9 Å². The number of amides is 1. The van der Waals surface area contributed by atoms with Crippen molar-refractivity contribution in [3.63, 3.8) is 0 Å². The third-order valence-electron chi connectivity index (χ3n) is 9.28. The Bertz CT molecular complexity index is 1450. The summed E-state index contributed by atoms with van der Waals surface area (Å²) in [5.74, 6) is 0.547. The highest BCUT2D eigenvalue weighted by atomic mass is 16.2. The molecule has 4 nitrogen and oxygen atoms in total. The van der Waals surface area contributed by atoms with Crippen molar-refractivity contribution in [2.24, 2.45) is 0 Å². The smallest absolute Gasteiger partial charge is 0.255 e. The van der Waals surface area contributed by atoms with Gasteiger partial charge in [-0.25, -0.2) is 0 Å². The largest absolute Gasteiger partial charge is 0.369 e.